The van der Waals surface area contributed by atoms with E-state index in [1.54, 1.807) is 0 Å². The van der Waals surface area contributed by atoms with Gasteiger partial charge in [-0.2, -0.15) is 0 Å². The molecule has 146 valence electrons. The van der Waals surface area contributed by atoms with E-state index in [1.807, 2.05) is 0 Å². The summed E-state index contributed by atoms with van der Waals surface area (Å²) in [6, 6.07) is 0.819. The molecule has 0 atom stereocenters. The van der Waals surface area contributed by atoms with E-state index in [4.69, 9.17) is 10.4 Å². The number of rotatable bonds is 4. The van der Waals surface area contributed by atoms with Gasteiger partial charge in [-0.1, -0.05) is 10.3 Å². The first-order valence-electron chi connectivity index (χ1n) is 5.79. The quantitative estimate of drug-likeness (QED) is 0.195. The summed E-state index contributed by atoms with van der Waals surface area (Å²) in [6.45, 7) is 3.07. The zero-order valence-electron chi connectivity index (χ0n) is 13.0. The molecule has 1 rings (SSSR count). The molecule has 0 aromatic heterocycles. The largest absolute Gasteiger partial charge is 2.00 e. The first-order valence-corrected chi connectivity index (χ1v) is 5.79. The smallest absolute Gasteiger partial charge is 0.867 e. The Morgan fingerprint density at radius 3 is 1.73 bits per heavy atom. The van der Waals surface area contributed by atoms with Gasteiger partial charge in [0.25, 0.3) is 11.4 Å². The average molecular weight is 419 g/mol. The van der Waals surface area contributed by atoms with Gasteiger partial charge in [0.1, 0.15) is 11.4 Å². The molecule has 0 spiro atoms. The van der Waals surface area contributed by atoms with Crippen LogP contribution in [0.25, 0.3) is 0 Å². The van der Waals surface area contributed by atoms with Gasteiger partial charge in [0.05, 0.1) is 21.9 Å². The van der Waals surface area contributed by atoms with Gasteiger partial charge < -0.3 is 30.9 Å². The number of aromatic carboxylic acids is 1. The van der Waals surface area contributed by atoms with Crippen molar-refractivity contribution < 1.29 is 57.2 Å². The Kier molecular flexibility index (Phi) is 12.8. The van der Waals surface area contributed by atoms with E-state index < -0.39 is 38.5 Å². The summed E-state index contributed by atoms with van der Waals surface area (Å²) in [4.78, 5) is 28.9. The summed E-state index contributed by atoms with van der Waals surface area (Å²) < 4.78 is 0. The van der Waals surface area contributed by atoms with Gasteiger partial charge in [0.15, 0.2) is 0 Å². The molecule has 0 heterocycles. The summed E-state index contributed by atoms with van der Waals surface area (Å²) in [5, 5.41) is 63.9. The van der Waals surface area contributed by atoms with E-state index in [-0.39, 0.29) is 22.0 Å². The Morgan fingerprint density at radius 2 is 1.46 bits per heavy atom. The number of non-ortho nitro benzene ring substituents is 1. The van der Waals surface area contributed by atoms with Crippen LogP contribution in [0.1, 0.15) is 24.2 Å². The van der Waals surface area contributed by atoms with E-state index in [1.165, 1.54) is 13.8 Å². The monoisotopic (exact) mass is 418 g/mol. The molecular weight excluding hydrogens is 407 g/mol. The van der Waals surface area contributed by atoms with Gasteiger partial charge in [0.2, 0.25) is 0 Å². The zero-order chi connectivity index (χ0) is 19.0. The molecule has 0 saturated carbocycles. The summed E-state index contributed by atoms with van der Waals surface area (Å²) in [7, 11) is 0. The Bertz CT molecular complexity index is 683. The van der Waals surface area contributed by atoms with Gasteiger partial charge >= 0.3 is 16.5 Å². The molecule has 4 N–H and O–H groups in total. The maximum Gasteiger partial charge on any atom is 2.00 e. The van der Waals surface area contributed by atoms with Crippen LogP contribution < -0.4 is 10.2 Å². The number of nitro benzene ring substituents is 2. The van der Waals surface area contributed by atoms with Crippen molar-refractivity contribution in [2.45, 2.75) is 13.8 Å². The molecule has 1 aromatic rings. The topological polar surface area (TPSA) is 246 Å². The molecule has 0 aliphatic rings. The van der Waals surface area contributed by atoms with Crippen molar-refractivity contribution in [3.8, 4) is 5.75 Å². The molecule has 0 aliphatic carbocycles. The summed E-state index contributed by atoms with van der Waals surface area (Å²) >= 11 is 0. The van der Waals surface area contributed by atoms with Crippen LogP contribution in [-0.4, -0.2) is 43.1 Å². The number of nitrogens with zero attached hydrogens (tertiary/aromatic N) is 4. The van der Waals surface area contributed by atoms with Crippen LogP contribution in [0.3, 0.4) is 0 Å². The van der Waals surface area contributed by atoms with Crippen molar-refractivity contribution in [2.24, 2.45) is 10.3 Å². The van der Waals surface area contributed by atoms with Crippen molar-refractivity contribution >= 4 is 28.8 Å². The van der Waals surface area contributed by atoms with Crippen LogP contribution in [-0.2, 0) is 16.5 Å². The molecule has 0 amide bonds. The molecule has 0 unspecified atom stereocenters. The predicted octanol–water partition coefficient (Wildman–Crippen LogP) is -1.20. The van der Waals surface area contributed by atoms with Crippen molar-refractivity contribution in [3.05, 3.63) is 37.9 Å². The van der Waals surface area contributed by atoms with E-state index >= 15 is 0 Å². The third kappa shape index (κ3) is 7.50. The minimum absolute atomic E-state index is 0. The fourth-order valence-corrected chi connectivity index (χ4v) is 1.14. The normalized spacial score (nSPS) is 10.4. The van der Waals surface area contributed by atoms with Gasteiger partial charge in [-0.05, 0) is 19.6 Å². The van der Waals surface area contributed by atoms with E-state index in [0.717, 1.165) is 0 Å². The maximum absolute atomic E-state index is 11.1. The van der Waals surface area contributed by atoms with Crippen LogP contribution >= 0.6 is 0 Å². The Labute approximate surface area is 154 Å². The number of carboxylic acids is 1. The second-order valence-electron chi connectivity index (χ2n) is 4.01. The maximum atomic E-state index is 11.1. The third-order valence-electron chi connectivity index (χ3n) is 2.51. The van der Waals surface area contributed by atoms with E-state index in [9.17, 15) is 35.2 Å². The van der Waals surface area contributed by atoms with Gasteiger partial charge in [0, 0.05) is 11.6 Å². The standard InChI is InChI=1S/C7H4N2O7.C4H8N2O2.Ni.H2O/c10-6-4(7(11)12)1-3(8(13)14)2-5(6)9(15)16;1-3(5-7)4(2)6-8;;/h1-2,10H,(H,11,12);7-8H,1-2H3;;1H2/q;;+2;/p-2/b;5-3+,6-4+;;. The minimum atomic E-state index is -2.00. The van der Waals surface area contributed by atoms with Crippen molar-refractivity contribution in [2.75, 3.05) is 0 Å². The zero-order valence-corrected chi connectivity index (χ0v) is 14.0. The fourth-order valence-electron chi connectivity index (χ4n) is 1.14. The Balaban J connectivity index is -0.000000457. The Morgan fingerprint density at radius 1 is 1.04 bits per heavy atom. The van der Waals surface area contributed by atoms with Gasteiger partial charge in [-0.3, -0.25) is 20.2 Å². The molecule has 1 aromatic carbocycles. The van der Waals surface area contributed by atoms with Crippen molar-refractivity contribution in [1.82, 2.24) is 0 Å². The number of carbonyl (C=O) groups is 1. The predicted molar refractivity (Wildman–Crippen MR) is 76.9 cm³/mol. The third-order valence-corrected chi connectivity index (χ3v) is 2.51. The van der Waals surface area contributed by atoms with Crippen LogP contribution in [0.5, 0.6) is 5.75 Å². The average Bonchev–Trinajstić information content (AvgIpc) is 2.53. The number of carboxylic acid groups (broad SMARTS) is 1. The van der Waals surface area contributed by atoms with Crippen LogP contribution in [0.2, 0.25) is 0 Å². The van der Waals surface area contributed by atoms with Gasteiger partial charge in [-0.25, -0.2) is 0 Å². The molecule has 0 radical (unpaired) electrons. The van der Waals surface area contributed by atoms with E-state index in [2.05, 4.69) is 10.3 Å². The van der Waals surface area contributed by atoms with Crippen molar-refractivity contribution in [3.63, 3.8) is 0 Å². The van der Waals surface area contributed by atoms with Gasteiger partial charge in [-0.15, -0.1) is 0 Å². The second-order valence-corrected chi connectivity index (χ2v) is 4.01. The number of benzene rings is 1. The minimum Gasteiger partial charge on any atom is -0.867 e. The number of oxime groups is 2. The molecule has 26 heavy (non-hydrogen) atoms. The fraction of sp³-hybridized carbons (Fsp3) is 0.182. The van der Waals surface area contributed by atoms with E-state index in [0.29, 0.717) is 23.6 Å². The molecule has 0 aliphatic heterocycles. The second kappa shape index (κ2) is 12.1. The SMILES string of the molecule is CC(=N\O)/C(C)=N/O.O.O=C([O-])c1cc([N+](=O)[O-])cc([N+](=O)[O-])c1[O-].[Ni+2]. The first-order chi connectivity index (χ1) is 11.1. The molecular formula is C11H12N4NiO10. The molecule has 15 heteroatoms. The van der Waals surface area contributed by atoms with Crippen LogP contribution in [0.4, 0.5) is 11.4 Å². The molecule has 0 bridgehead atoms. The van der Waals surface area contributed by atoms with Crippen molar-refractivity contribution in [1.29, 1.82) is 0 Å². The summed E-state index contributed by atoms with van der Waals surface area (Å²) in [5.41, 5.74) is -2.51. The van der Waals surface area contributed by atoms with Crippen LogP contribution in [0.15, 0.2) is 22.4 Å². The number of nitro groups is 2. The number of hydrogen-bond donors (Lipinski definition) is 2. The number of hydrogen-bond acceptors (Lipinski definition) is 11. The summed E-state index contributed by atoms with van der Waals surface area (Å²) in [5.74, 6) is -3.42. The van der Waals surface area contributed by atoms with Crippen LogP contribution in [0, 0.1) is 20.2 Å². The first kappa shape index (κ1) is 27.5. The Hall–Kier alpha value is -3.32. The number of carbonyl (C=O) groups excluding carboxylic acids is 1. The summed E-state index contributed by atoms with van der Waals surface area (Å²) in [6.07, 6.45) is 0. The molecule has 0 saturated heterocycles. The molecule has 0 fully saturated rings. The molecule has 14 nitrogen and oxygen atoms in total.